The van der Waals surface area contributed by atoms with Crippen molar-refractivity contribution in [3.63, 3.8) is 0 Å². The molecule has 10 heteroatoms. The van der Waals surface area contributed by atoms with Crippen LogP contribution in [0.3, 0.4) is 0 Å². The van der Waals surface area contributed by atoms with Crippen LogP contribution < -0.4 is 11.1 Å². The Kier molecular flexibility index (Phi) is 4.99. The number of carbonyl (C=O) groups excluding carboxylic acids is 1. The smallest absolute Gasteiger partial charge is 0.408 e. The number of anilines is 1. The van der Waals surface area contributed by atoms with Gasteiger partial charge in [0, 0.05) is 36.0 Å². The fraction of sp³-hybridized carbons (Fsp3) is 0.360. The van der Waals surface area contributed by atoms with E-state index in [1.54, 1.807) is 4.52 Å². The van der Waals surface area contributed by atoms with Crippen molar-refractivity contribution in [1.82, 2.24) is 30.1 Å². The number of fused-ring (bicyclic) bond motifs is 1. The first-order valence-electron chi connectivity index (χ1n) is 11.8. The van der Waals surface area contributed by atoms with Crippen LogP contribution in [0.5, 0.6) is 0 Å². The quantitative estimate of drug-likeness (QED) is 0.410. The molecule has 180 valence electrons. The minimum atomic E-state index is -0.662. The van der Waals surface area contributed by atoms with Gasteiger partial charge in [0.15, 0.2) is 5.82 Å². The van der Waals surface area contributed by atoms with Crippen molar-refractivity contribution in [3.05, 3.63) is 54.0 Å². The molecule has 1 unspecified atom stereocenters. The van der Waals surface area contributed by atoms with Crippen LogP contribution in [0.1, 0.15) is 49.9 Å². The highest BCUT2D eigenvalue weighted by Crippen LogP contribution is 2.38. The van der Waals surface area contributed by atoms with Gasteiger partial charge in [-0.05, 0) is 50.5 Å². The Bertz CT molecular complexity index is 1420. The SMILES string of the molecule is CC1(C)OC(=O)NC1c1cccc(-c2cc(-c3cc(C4CCOCC4)[nH]n3)c3c(N)ncnn23)c1. The number of hydrogen-bond acceptors (Lipinski definition) is 7. The molecule has 6 rings (SSSR count). The van der Waals surface area contributed by atoms with E-state index in [0.29, 0.717) is 17.3 Å². The first-order valence-corrected chi connectivity index (χ1v) is 11.8. The fourth-order valence-corrected chi connectivity index (χ4v) is 5.14. The Morgan fingerprint density at radius 2 is 2.00 bits per heavy atom. The lowest BCUT2D eigenvalue weighted by Gasteiger charge is -2.24. The number of rotatable bonds is 4. The standard InChI is InChI=1S/C25H27N7O3/c1-25(2)22(29-24(33)35-25)16-5-3-4-15(10-16)20-11-17(21-23(26)27-13-28-32(20)21)19-12-18(30-31-19)14-6-8-34-9-7-14/h3-5,10-14,22H,6-9H2,1-2H3,(H,29,33)(H,30,31)(H2,26,27,28). The van der Waals surface area contributed by atoms with E-state index < -0.39 is 11.7 Å². The van der Waals surface area contributed by atoms with Crippen LogP contribution in [0.4, 0.5) is 10.6 Å². The number of nitrogens with two attached hydrogens (primary N) is 1. The lowest BCUT2D eigenvalue weighted by atomic mass is 9.91. The molecule has 0 saturated carbocycles. The number of H-pyrrole nitrogens is 1. The second kappa shape index (κ2) is 8.09. The van der Waals surface area contributed by atoms with Gasteiger partial charge in [0.05, 0.1) is 17.4 Å². The van der Waals surface area contributed by atoms with Gasteiger partial charge in [0.25, 0.3) is 0 Å². The highest BCUT2D eigenvalue weighted by atomic mass is 16.6. The Labute approximate surface area is 201 Å². The van der Waals surface area contributed by atoms with E-state index in [1.807, 2.05) is 44.2 Å². The zero-order valence-electron chi connectivity index (χ0n) is 19.6. The molecule has 0 aliphatic carbocycles. The molecule has 2 saturated heterocycles. The highest BCUT2D eigenvalue weighted by Gasteiger charge is 2.42. The number of hydrogen-bond donors (Lipinski definition) is 3. The maximum atomic E-state index is 11.9. The van der Waals surface area contributed by atoms with E-state index >= 15 is 0 Å². The average molecular weight is 474 g/mol. The van der Waals surface area contributed by atoms with Crippen molar-refractivity contribution in [2.75, 3.05) is 18.9 Å². The molecule has 3 aromatic heterocycles. The van der Waals surface area contributed by atoms with Gasteiger partial charge in [-0.2, -0.15) is 10.2 Å². The van der Waals surface area contributed by atoms with Crippen molar-refractivity contribution in [1.29, 1.82) is 0 Å². The lowest BCUT2D eigenvalue weighted by Crippen LogP contribution is -2.30. The monoisotopic (exact) mass is 473 g/mol. The van der Waals surface area contributed by atoms with E-state index in [4.69, 9.17) is 15.2 Å². The van der Waals surface area contributed by atoms with Gasteiger partial charge in [-0.3, -0.25) is 5.10 Å². The predicted octanol–water partition coefficient (Wildman–Crippen LogP) is 3.82. The zero-order chi connectivity index (χ0) is 24.2. The second-order valence-electron chi connectivity index (χ2n) is 9.64. The molecule has 5 heterocycles. The summed E-state index contributed by atoms with van der Waals surface area (Å²) >= 11 is 0. The number of alkyl carbamates (subject to hydrolysis) is 1. The van der Waals surface area contributed by atoms with Crippen molar-refractivity contribution < 1.29 is 14.3 Å². The molecular formula is C25H27N7O3. The van der Waals surface area contributed by atoms with Gasteiger partial charge >= 0.3 is 6.09 Å². The minimum absolute atomic E-state index is 0.270. The van der Waals surface area contributed by atoms with Crippen molar-refractivity contribution in [2.45, 2.75) is 44.2 Å². The minimum Gasteiger partial charge on any atom is -0.441 e. The number of nitrogen functional groups attached to an aromatic ring is 1. The van der Waals surface area contributed by atoms with E-state index in [0.717, 1.165) is 59.8 Å². The van der Waals surface area contributed by atoms with E-state index in [2.05, 4.69) is 31.7 Å². The molecule has 4 aromatic rings. The highest BCUT2D eigenvalue weighted by molar-refractivity contribution is 5.90. The van der Waals surface area contributed by atoms with Crippen LogP contribution >= 0.6 is 0 Å². The maximum absolute atomic E-state index is 11.9. The number of cyclic esters (lactones) is 1. The Hall–Kier alpha value is -3.92. The summed E-state index contributed by atoms with van der Waals surface area (Å²) in [5, 5.41) is 15.2. The summed E-state index contributed by atoms with van der Waals surface area (Å²) in [4.78, 5) is 16.1. The number of carbonyl (C=O) groups is 1. The van der Waals surface area contributed by atoms with E-state index in [9.17, 15) is 4.79 Å². The topological polar surface area (TPSA) is 132 Å². The fourth-order valence-electron chi connectivity index (χ4n) is 5.14. The van der Waals surface area contributed by atoms with Gasteiger partial charge in [-0.25, -0.2) is 14.3 Å². The maximum Gasteiger partial charge on any atom is 0.408 e. The summed E-state index contributed by atoms with van der Waals surface area (Å²) < 4.78 is 12.8. The molecule has 4 N–H and O–H groups in total. The molecule has 35 heavy (non-hydrogen) atoms. The molecule has 10 nitrogen and oxygen atoms in total. The van der Waals surface area contributed by atoms with Crippen LogP contribution in [0.25, 0.3) is 28.0 Å². The van der Waals surface area contributed by atoms with Crippen LogP contribution in [0.2, 0.25) is 0 Å². The molecule has 1 atom stereocenters. The molecule has 2 fully saturated rings. The molecular weight excluding hydrogens is 446 g/mol. The predicted molar refractivity (Wildman–Crippen MR) is 130 cm³/mol. The van der Waals surface area contributed by atoms with Crippen LogP contribution in [-0.2, 0) is 9.47 Å². The molecule has 0 spiro atoms. The van der Waals surface area contributed by atoms with Crippen molar-refractivity contribution in [3.8, 4) is 22.5 Å². The summed E-state index contributed by atoms with van der Waals surface area (Å²) in [5.74, 6) is 0.779. The summed E-state index contributed by atoms with van der Waals surface area (Å²) in [5.41, 5.74) is 11.8. The molecule has 0 radical (unpaired) electrons. The first kappa shape index (κ1) is 21.6. The summed E-state index contributed by atoms with van der Waals surface area (Å²) in [6.45, 7) is 5.32. The van der Waals surface area contributed by atoms with Gasteiger partial charge in [0.2, 0.25) is 0 Å². The Morgan fingerprint density at radius 3 is 2.77 bits per heavy atom. The van der Waals surface area contributed by atoms with Crippen LogP contribution in [0, 0.1) is 0 Å². The normalized spacial score (nSPS) is 20.2. The van der Waals surface area contributed by atoms with Crippen LogP contribution in [0.15, 0.2) is 42.7 Å². The molecule has 1 aromatic carbocycles. The molecule has 1 amide bonds. The van der Waals surface area contributed by atoms with E-state index in [1.165, 1.54) is 6.33 Å². The number of benzene rings is 1. The summed E-state index contributed by atoms with van der Waals surface area (Å²) in [7, 11) is 0. The van der Waals surface area contributed by atoms with Gasteiger partial charge in [-0.15, -0.1) is 0 Å². The van der Waals surface area contributed by atoms with Crippen molar-refractivity contribution in [2.24, 2.45) is 0 Å². The third kappa shape index (κ3) is 3.70. The first-order chi connectivity index (χ1) is 16.9. The number of amides is 1. The number of nitrogens with zero attached hydrogens (tertiary/aromatic N) is 4. The number of ether oxygens (including phenoxy) is 2. The lowest BCUT2D eigenvalue weighted by molar-refractivity contribution is 0.0684. The number of nitrogens with one attached hydrogen (secondary N) is 2. The zero-order valence-corrected chi connectivity index (χ0v) is 19.6. The average Bonchev–Trinajstić information content (AvgIpc) is 3.55. The van der Waals surface area contributed by atoms with Gasteiger partial charge in [0.1, 0.15) is 17.4 Å². The third-order valence-corrected chi connectivity index (χ3v) is 6.95. The van der Waals surface area contributed by atoms with Crippen molar-refractivity contribution >= 4 is 17.4 Å². The largest absolute Gasteiger partial charge is 0.441 e. The third-order valence-electron chi connectivity index (χ3n) is 6.95. The summed E-state index contributed by atoms with van der Waals surface area (Å²) in [6.07, 6.45) is 2.98. The molecule has 2 aliphatic heterocycles. The molecule has 0 bridgehead atoms. The van der Waals surface area contributed by atoms with Gasteiger partial charge in [-0.1, -0.05) is 18.2 Å². The molecule has 2 aliphatic rings. The number of aromatic amines is 1. The second-order valence-corrected chi connectivity index (χ2v) is 9.64. The Morgan fingerprint density at radius 1 is 1.17 bits per heavy atom. The van der Waals surface area contributed by atoms with Crippen LogP contribution in [-0.4, -0.2) is 49.7 Å². The summed E-state index contributed by atoms with van der Waals surface area (Å²) in [6, 6.07) is 11.9. The number of aromatic nitrogens is 5. The Balaban J connectivity index is 1.44. The van der Waals surface area contributed by atoms with Gasteiger partial charge < -0.3 is 20.5 Å². The van der Waals surface area contributed by atoms with E-state index in [-0.39, 0.29) is 6.04 Å².